The Hall–Kier alpha value is -1.24. The molecular formula is C11H12N2O2S2. The zero-order chi connectivity index (χ0) is 12.1. The summed E-state index contributed by atoms with van der Waals surface area (Å²) in [7, 11) is 1.39. The molecule has 0 aliphatic carbocycles. The van der Waals surface area contributed by atoms with Crippen LogP contribution in [-0.2, 0) is 16.1 Å². The van der Waals surface area contributed by atoms with Crippen LogP contribution in [0.2, 0.25) is 0 Å². The van der Waals surface area contributed by atoms with Gasteiger partial charge in [-0.25, -0.2) is 4.79 Å². The van der Waals surface area contributed by atoms with Crippen molar-refractivity contribution in [2.45, 2.75) is 12.6 Å². The van der Waals surface area contributed by atoms with E-state index >= 15 is 0 Å². The highest BCUT2D eigenvalue weighted by molar-refractivity contribution is 7.10. The molecule has 2 rings (SSSR count). The average Bonchev–Trinajstić information content (AvgIpc) is 3.01. The molecule has 2 aromatic heterocycles. The minimum atomic E-state index is -0.436. The molecule has 0 aromatic carbocycles. The fourth-order valence-corrected chi connectivity index (χ4v) is 2.74. The van der Waals surface area contributed by atoms with Gasteiger partial charge < -0.3 is 4.74 Å². The number of rotatable bonds is 5. The van der Waals surface area contributed by atoms with Gasteiger partial charge in [0.25, 0.3) is 0 Å². The number of esters is 1. The second kappa shape index (κ2) is 5.90. The summed E-state index contributed by atoms with van der Waals surface area (Å²) in [5.74, 6) is -0.286. The number of nitrogens with one attached hydrogen (secondary N) is 1. The number of nitrogens with zero attached hydrogens (tertiary/aromatic N) is 1. The van der Waals surface area contributed by atoms with Gasteiger partial charge in [0.2, 0.25) is 0 Å². The number of ether oxygens (including phenoxy) is 1. The molecular weight excluding hydrogens is 256 g/mol. The van der Waals surface area contributed by atoms with Crippen LogP contribution < -0.4 is 5.32 Å². The Kier molecular flexibility index (Phi) is 4.24. The van der Waals surface area contributed by atoms with Crippen molar-refractivity contribution in [3.05, 3.63) is 39.0 Å². The highest BCUT2D eigenvalue weighted by atomic mass is 32.1. The fourth-order valence-electron chi connectivity index (χ4n) is 1.40. The molecule has 0 spiro atoms. The van der Waals surface area contributed by atoms with Crippen LogP contribution in [0.1, 0.15) is 15.8 Å². The molecule has 0 bridgehead atoms. The Bertz CT molecular complexity index is 454. The van der Waals surface area contributed by atoms with Crippen LogP contribution in [0.5, 0.6) is 0 Å². The molecule has 0 amide bonds. The number of hydrogen-bond donors (Lipinski definition) is 1. The molecule has 2 aromatic rings. The zero-order valence-electron chi connectivity index (χ0n) is 9.25. The molecule has 1 atom stereocenters. The highest BCUT2D eigenvalue weighted by Gasteiger charge is 2.22. The van der Waals surface area contributed by atoms with Gasteiger partial charge in [-0.2, -0.15) is 0 Å². The van der Waals surface area contributed by atoms with Crippen LogP contribution in [0.3, 0.4) is 0 Å². The minimum Gasteiger partial charge on any atom is -0.468 e. The summed E-state index contributed by atoms with van der Waals surface area (Å²) in [5, 5.41) is 5.19. The third-order valence-electron chi connectivity index (χ3n) is 2.23. The molecule has 17 heavy (non-hydrogen) atoms. The lowest BCUT2D eigenvalue weighted by Crippen LogP contribution is -2.28. The molecule has 0 fully saturated rings. The first-order valence-corrected chi connectivity index (χ1v) is 6.79. The van der Waals surface area contributed by atoms with E-state index in [1.165, 1.54) is 23.3 Å². The Morgan fingerprint density at radius 3 is 3.06 bits per heavy atom. The smallest absolute Gasteiger partial charge is 0.328 e. The van der Waals surface area contributed by atoms with Crippen molar-refractivity contribution in [2.24, 2.45) is 0 Å². The third kappa shape index (κ3) is 3.12. The van der Waals surface area contributed by atoms with Gasteiger partial charge in [-0.15, -0.1) is 22.7 Å². The number of methoxy groups -OCH3 is 1. The van der Waals surface area contributed by atoms with E-state index in [4.69, 9.17) is 4.74 Å². The number of hydrogen-bond acceptors (Lipinski definition) is 6. The number of thiophene rings is 1. The van der Waals surface area contributed by atoms with E-state index in [-0.39, 0.29) is 5.97 Å². The van der Waals surface area contributed by atoms with Crippen LogP contribution in [0.15, 0.2) is 29.2 Å². The summed E-state index contributed by atoms with van der Waals surface area (Å²) >= 11 is 3.10. The normalized spacial score (nSPS) is 12.3. The molecule has 0 radical (unpaired) electrons. The summed E-state index contributed by atoms with van der Waals surface area (Å²) in [6.07, 6.45) is 1.69. The average molecular weight is 268 g/mol. The lowest BCUT2D eigenvalue weighted by molar-refractivity contribution is -0.143. The van der Waals surface area contributed by atoms with Gasteiger partial charge in [-0.05, 0) is 11.4 Å². The summed E-state index contributed by atoms with van der Waals surface area (Å²) in [4.78, 5) is 17.7. The van der Waals surface area contributed by atoms with E-state index in [1.807, 2.05) is 17.5 Å². The van der Waals surface area contributed by atoms with Crippen molar-refractivity contribution in [3.63, 3.8) is 0 Å². The van der Waals surface area contributed by atoms with Gasteiger partial charge in [0.05, 0.1) is 17.5 Å². The van der Waals surface area contributed by atoms with Crippen molar-refractivity contribution in [1.29, 1.82) is 0 Å². The standard InChI is InChI=1S/C11H12N2O2S2/c1-15-11(14)10(9-6-12-7-17-9)13-5-8-3-2-4-16-8/h2-4,6-7,10,13H,5H2,1H3. The summed E-state index contributed by atoms with van der Waals surface area (Å²) in [5.41, 5.74) is 1.71. The van der Waals surface area contributed by atoms with Gasteiger partial charge in [0.15, 0.2) is 0 Å². The third-order valence-corrected chi connectivity index (χ3v) is 3.95. The Balaban J connectivity index is 2.04. The Morgan fingerprint density at radius 1 is 1.59 bits per heavy atom. The first kappa shape index (κ1) is 12.2. The molecule has 1 N–H and O–H groups in total. The first-order chi connectivity index (χ1) is 8.31. The van der Waals surface area contributed by atoms with Crippen LogP contribution >= 0.6 is 22.7 Å². The summed E-state index contributed by atoms with van der Waals surface area (Å²) in [6, 6.07) is 3.58. The van der Waals surface area contributed by atoms with E-state index in [0.717, 1.165) is 4.88 Å². The van der Waals surface area contributed by atoms with E-state index in [1.54, 1.807) is 23.0 Å². The molecule has 0 aliphatic heterocycles. The number of carbonyl (C=O) groups is 1. The van der Waals surface area contributed by atoms with Gasteiger partial charge in [0, 0.05) is 17.6 Å². The second-order valence-electron chi connectivity index (χ2n) is 3.32. The van der Waals surface area contributed by atoms with Crippen LogP contribution in [0, 0.1) is 0 Å². The first-order valence-electron chi connectivity index (χ1n) is 5.03. The largest absolute Gasteiger partial charge is 0.468 e. The van der Waals surface area contributed by atoms with Crippen LogP contribution in [0.25, 0.3) is 0 Å². The topological polar surface area (TPSA) is 51.2 Å². The lowest BCUT2D eigenvalue weighted by Gasteiger charge is -2.13. The summed E-state index contributed by atoms with van der Waals surface area (Å²) in [6.45, 7) is 0.648. The van der Waals surface area contributed by atoms with Gasteiger partial charge in [-0.1, -0.05) is 6.07 Å². The molecule has 6 heteroatoms. The SMILES string of the molecule is COC(=O)C(NCc1cccs1)c1cncs1. The molecule has 0 saturated heterocycles. The maximum atomic E-state index is 11.7. The lowest BCUT2D eigenvalue weighted by atomic mass is 10.2. The fraction of sp³-hybridized carbons (Fsp3) is 0.273. The maximum Gasteiger partial charge on any atom is 0.328 e. The van der Waals surface area contributed by atoms with Crippen molar-refractivity contribution in [2.75, 3.05) is 7.11 Å². The van der Waals surface area contributed by atoms with E-state index in [2.05, 4.69) is 10.3 Å². The molecule has 0 saturated carbocycles. The van der Waals surface area contributed by atoms with E-state index in [9.17, 15) is 4.79 Å². The molecule has 2 heterocycles. The molecule has 90 valence electrons. The second-order valence-corrected chi connectivity index (χ2v) is 5.27. The quantitative estimate of drug-likeness (QED) is 0.845. The van der Waals surface area contributed by atoms with Gasteiger partial charge >= 0.3 is 5.97 Å². The number of thiazole rings is 1. The Morgan fingerprint density at radius 2 is 2.47 bits per heavy atom. The van der Waals surface area contributed by atoms with Crippen LogP contribution in [0.4, 0.5) is 0 Å². The molecule has 4 nitrogen and oxygen atoms in total. The predicted molar refractivity (Wildman–Crippen MR) is 68.0 cm³/mol. The van der Waals surface area contributed by atoms with E-state index < -0.39 is 6.04 Å². The Labute approximate surface area is 107 Å². The van der Waals surface area contributed by atoms with Crippen LogP contribution in [-0.4, -0.2) is 18.1 Å². The zero-order valence-corrected chi connectivity index (χ0v) is 10.9. The molecule has 0 aliphatic rings. The van der Waals surface area contributed by atoms with Crippen molar-refractivity contribution in [1.82, 2.24) is 10.3 Å². The van der Waals surface area contributed by atoms with Gasteiger partial charge in [-0.3, -0.25) is 10.3 Å². The van der Waals surface area contributed by atoms with Crippen molar-refractivity contribution >= 4 is 28.6 Å². The number of aromatic nitrogens is 1. The minimum absolute atomic E-state index is 0.286. The monoisotopic (exact) mass is 268 g/mol. The summed E-state index contributed by atoms with van der Waals surface area (Å²) < 4.78 is 4.79. The predicted octanol–water partition coefficient (Wildman–Crippen LogP) is 2.21. The molecule has 1 unspecified atom stereocenters. The van der Waals surface area contributed by atoms with E-state index in [0.29, 0.717) is 6.54 Å². The van der Waals surface area contributed by atoms with Gasteiger partial charge in [0.1, 0.15) is 6.04 Å². The maximum absolute atomic E-state index is 11.7. The van der Waals surface area contributed by atoms with Crippen molar-refractivity contribution < 1.29 is 9.53 Å². The highest BCUT2D eigenvalue weighted by Crippen LogP contribution is 2.19. The van der Waals surface area contributed by atoms with Crippen molar-refractivity contribution in [3.8, 4) is 0 Å². The number of carbonyl (C=O) groups excluding carboxylic acids is 1.